The number of fused-ring (bicyclic) bond motifs is 1. The fourth-order valence-electron chi connectivity index (χ4n) is 2.84. The van der Waals surface area contributed by atoms with Gasteiger partial charge in [0.2, 0.25) is 10.1 Å². The van der Waals surface area contributed by atoms with Gasteiger partial charge in [0, 0.05) is 32.0 Å². The van der Waals surface area contributed by atoms with Gasteiger partial charge in [-0.2, -0.15) is 4.52 Å². The lowest BCUT2D eigenvalue weighted by molar-refractivity contribution is -0.0511. The van der Waals surface area contributed by atoms with Gasteiger partial charge in [0.1, 0.15) is 0 Å². The second kappa shape index (κ2) is 6.94. The van der Waals surface area contributed by atoms with Crippen molar-refractivity contribution in [2.75, 3.05) is 31.7 Å². The molecule has 8 heteroatoms. The number of anilines is 1. The number of rotatable bonds is 5. The van der Waals surface area contributed by atoms with Crippen LogP contribution >= 0.6 is 11.3 Å². The van der Waals surface area contributed by atoms with Crippen LogP contribution in [-0.4, -0.2) is 53.6 Å². The van der Waals surface area contributed by atoms with Crippen molar-refractivity contribution in [3.63, 3.8) is 0 Å². The van der Waals surface area contributed by atoms with Crippen LogP contribution in [0.1, 0.15) is 26.0 Å². The molecule has 126 valence electrons. The lowest BCUT2D eigenvalue weighted by Crippen LogP contribution is -2.48. The molecule has 2 aromatic rings. The summed E-state index contributed by atoms with van der Waals surface area (Å²) in [4.78, 5) is 19.6. The van der Waals surface area contributed by atoms with Crippen LogP contribution in [0.2, 0.25) is 0 Å². The van der Waals surface area contributed by atoms with E-state index in [1.165, 1.54) is 15.9 Å². The van der Waals surface area contributed by atoms with E-state index in [0.29, 0.717) is 18.1 Å². The average Bonchev–Trinajstić information content (AvgIpc) is 2.92. The Morgan fingerprint density at radius 1 is 1.48 bits per heavy atom. The van der Waals surface area contributed by atoms with Crippen LogP contribution in [0.5, 0.6) is 0 Å². The molecule has 0 radical (unpaired) electrons. The number of aryl methyl sites for hydroxylation is 1. The molecule has 0 spiro atoms. The van der Waals surface area contributed by atoms with Crippen LogP contribution in [0.25, 0.3) is 4.96 Å². The minimum Gasteiger partial charge on any atom is -0.382 e. The quantitative estimate of drug-likeness (QED) is 0.819. The molecule has 0 bridgehead atoms. The predicted octanol–water partition coefficient (Wildman–Crippen LogP) is 1.34. The van der Waals surface area contributed by atoms with Gasteiger partial charge in [-0.15, -0.1) is 5.10 Å². The molecule has 1 fully saturated rings. The van der Waals surface area contributed by atoms with E-state index in [0.717, 1.165) is 30.2 Å². The fourth-order valence-corrected chi connectivity index (χ4v) is 3.78. The zero-order chi connectivity index (χ0) is 16.4. The van der Waals surface area contributed by atoms with Crippen LogP contribution in [-0.2, 0) is 15.9 Å². The minimum atomic E-state index is -0.115. The molecule has 2 unspecified atom stereocenters. The first kappa shape index (κ1) is 16.4. The Kier molecular flexibility index (Phi) is 4.93. The van der Waals surface area contributed by atoms with Crippen LogP contribution in [0, 0.1) is 0 Å². The second-order valence-corrected chi connectivity index (χ2v) is 6.78. The van der Waals surface area contributed by atoms with Gasteiger partial charge in [-0.3, -0.25) is 4.79 Å². The SMILES string of the molecule is CCCc1cc(=O)n2nc(N3CC(C)OC(COC)C3)sc2n1. The van der Waals surface area contributed by atoms with E-state index in [2.05, 4.69) is 21.9 Å². The summed E-state index contributed by atoms with van der Waals surface area (Å²) < 4.78 is 12.4. The maximum atomic E-state index is 12.2. The molecular formula is C15H22N4O3S. The second-order valence-electron chi connectivity index (χ2n) is 5.84. The van der Waals surface area contributed by atoms with Crippen LogP contribution < -0.4 is 10.5 Å². The summed E-state index contributed by atoms with van der Waals surface area (Å²) in [5.74, 6) is 0. The highest BCUT2D eigenvalue weighted by Gasteiger charge is 2.27. The molecule has 3 rings (SSSR count). The number of aromatic nitrogens is 3. The number of hydrogen-bond acceptors (Lipinski definition) is 7. The van der Waals surface area contributed by atoms with E-state index in [-0.39, 0.29) is 17.8 Å². The third-order valence-electron chi connectivity index (χ3n) is 3.74. The molecule has 0 aliphatic carbocycles. The van der Waals surface area contributed by atoms with Gasteiger partial charge in [-0.25, -0.2) is 4.98 Å². The fraction of sp³-hybridized carbons (Fsp3) is 0.667. The molecule has 0 aromatic carbocycles. The monoisotopic (exact) mass is 338 g/mol. The lowest BCUT2D eigenvalue weighted by Gasteiger charge is -2.36. The zero-order valence-corrected chi connectivity index (χ0v) is 14.5. The van der Waals surface area contributed by atoms with Gasteiger partial charge in [0.15, 0.2) is 0 Å². The van der Waals surface area contributed by atoms with Crippen molar-refractivity contribution in [2.24, 2.45) is 0 Å². The first-order valence-corrected chi connectivity index (χ1v) is 8.71. The van der Waals surface area contributed by atoms with E-state index >= 15 is 0 Å². The molecule has 0 N–H and O–H groups in total. The summed E-state index contributed by atoms with van der Waals surface area (Å²) in [6, 6.07) is 1.58. The van der Waals surface area contributed by atoms with Gasteiger partial charge >= 0.3 is 0 Å². The van der Waals surface area contributed by atoms with Crippen molar-refractivity contribution in [1.82, 2.24) is 14.6 Å². The average molecular weight is 338 g/mol. The molecular weight excluding hydrogens is 316 g/mol. The van der Waals surface area contributed by atoms with Crippen molar-refractivity contribution in [1.29, 1.82) is 0 Å². The first-order valence-electron chi connectivity index (χ1n) is 7.89. The van der Waals surface area contributed by atoms with E-state index in [4.69, 9.17) is 9.47 Å². The van der Waals surface area contributed by atoms with Gasteiger partial charge in [0.05, 0.1) is 18.8 Å². The maximum Gasteiger partial charge on any atom is 0.275 e. The molecule has 2 atom stereocenters. The third kappa shape index (κ3) is 3.54. The number of ether oxygens (including phenoxy) is 2. The minimum absolute atomic E-state index is 0.0103. The summed E-state index contributed by atoms with van der Waals surface area (Å²) >= 11 is 1.45. The maximum absolute atomic E-state index is 12.2. The Bertz CT molecular complexity index is 729. The lowest BCUT2D eigenvalue weighted by atomic mass is 10.2. The smallest absolute Gasteiger partial charge is 0.275 e. The summed E-state index contributed by atoms with van der Waals surface area (Å²) in [7, 11) is 1.67. The highest BCUT2D eigenvalue weighted by Crippen LogP contribution is 2.25. The highest BCUT2D eigenvalue weighted by atomic mass is 32.1. The molecule has 1 aliphatic heterocycles. The number of morpholine rings is 1. The number of hydrogen-bond donors (Lipinski definition) is 0. The predicted molar refractivity (Wildman–Crippen MR) is 89.6 cm³/mol. The summed E-state index contributed by atoms with van der Waals surface area (Å²) in [5.41, 5.74) is 0.719. The number of nitrogens with zero attached hydrogens (tertiary/aromatic N) is 4. The third-order valence-corrected chi connectivity index (χ3v) is 4.71. The Balaban J connectivity index is 1.90. The van der Waals surface area contributed by atoms with Crippen molar-refractivity contribution < 1.29 is 9.47 Å². The van der Waals surface area contributed by atoms with E-state index in [1.54, 1.807) is 13.2 Å². The van der Waals surface area contributed by atoms with Crippen molar-refractivity contribution in [2.45, 2.75) is 38.9 Å². The molecule has 0 saturated carbocycles. The normalized spacial score (nSPS) is 22.0. The largest absolute Gasteiger partial charge is 0.382 e. The standard InChI is InChI=1S/C15H22N4O3S/c1-4-5-11-6-13(20)19-14(16-11)23-15(17-19)18-7-10(2)22-12(8-18)9-21-3/h6,10,12H,4-5,7-9H2,1-3H3. The van der Waals surface area contributed by atoms with Gasteiger partial charge < -0.3 is 14.4 Å². The van der Waals surface area contributed by atoms with Crippen LogP contribution in [0.4, 0.5) is 5.13 Å². The van der Waals surface area contributed by atoms with Crippen molar-refractivity contribution in [3.8, 4) is 0 Å². The molecule has 0 amide bonds. The molecule has 2 aromatic heterocycles. The summed E-state index contributed by atoms with van der Waals surface area (Å²) in [6.45, 7) is 6.11. The molecule has 23 heavy (non-hydrogen) atoms. The Morgan fingerprint density at radius 2 is 2.30 bits per heavy atom. The number of methoxy groups -OCH3 is 1. The molecule has 1 saturated heterocycles. The Hall–Kier alpha value is -1.51. The zero-order valence-electron chi connectivity index (χ0n) is 13.7. The first-order chi connectivity index (χ1) is 11.1. The van der Waals surface area contributed by atoms with Gasteiger partial charge in [0.25, 0.3) is 5.56 Å². The van der Waals surface area contributed by atoms with Crippen LogP contribution in [0.15, 0.2) is 10.9 Å². The Morgan fingerprint density at radius 3 is 3.04 bits per heavy atom. The van der Waals surface area contributed by atoms with Gasteiger partial charge in [-0.1, -0.05) is 24.7 Å². The molecule has 7 nitrogen and oxygen atoms in total. The Labute approximate surface area is 138 Å². The summed E-state index contributed by atoms with van der Waals surface area (Å²) in [6.07, 6.45) is 1.88. The van der Waals surface area contributed by atoms with Crippen molar-refractivity contribution >= 4 is 21.4 Å². The van der Waals surface area contributed by atoms with E-state index in [9.17, 15) is 4.79 Å². The van der Waals surface area contributed by atoms with E-state index < -0.39 is 0 Å². The molecule has 1 aliphatic rings. The van der Waals surface area contributed by atoms with Gasteiger partial charge in [-0.05, 0) is 13.3 Å². The van der Waals surface area contributed by atoms with Crippen LogP contribution in [0.3, 0.4) is 0 Å². The van der Waals surface area contributed by atoms with E-state index in [1.807, 2.05) is 6.92 Å². The molecule has 3 heterocycles. The topological polar surface area (TPSA) is 69.0 Å². The van der Waals surface area contributed by atoms with Crippen molar-refractivity contribution in [3.05, 3.63) is 22.1 Å². The highest BCUT2D eigenvalue weighted by molar-refractivity contribution is 7.20. The summed E-state index contributed by atoms with van der Waals surface area (Å²) in [5, 5.41) is 5.26.